The van der Waals surface area contributed by atoms with E-state index < -0.39 is 0 Å². The van der Waals surface area contributed by atoms with E-state index in [1.54, 1.807) is 12.1 Å². The predicted molar refractivity (Wildman–Crippen MR) is 53.5 cm³/mol. The maximum Gasteiger partial charge on any atom is 0.0991 e. The average molecular weight is 186 g/mol. The molecule has 0 aliphatic heterocycles. The van der Waals surface area contributed by atoms with Crippen molar-refractivity contribution in [1.82, 2.24) is 0 Å². The van der Waals surface area contributed by atoms with Crippen molar-refractivity contribution in [3.63, 3.8) is 0 Å². The Labute approximate surface area is 82.4 Å². The molecule has 1 aromatic rings. The fourth-order valence-electron chi connectivity index (χ4n) is 1.14. The first kappa shape index (κ1) is 10.1. The quantitative estimate of drug-likeness (QED) is 0.308. The Morgan fingerprint density at radius 3 is 2.64 bits per heavy atom. The van der Waals surface area contributed by atoms with E-state index in [0.29, 0.717) is 12.1 Å². The highest BCUT2D eigenvalue weighted by atomic mass is 15.1. The Bertz CT molecular complexity index is 368. The van der Waals surface area contributed by atoms with Gasteiger partial charge in [-0.25, -0.2) is 0 Å². The Balaban J connectivity index is 2.44. The summed E-state index contributed by atoms with van der Waals surface area (Å²) < 4.78 is 0. The fourth-order valence-corrected chi connectivity index (χ4v) is 1.14. The van der Waals surface area contributed by atoms with Crippen molar-refractivity contribution in [1.29, 1.82) is 5.26 Å². The summed E-state index contributed by atoms with van der Waals surface area (Å²) in [5, 5.41) is 12.0. The third kappa shape index (κ3) is 3.18. The summed E-state index contributed by atoms with van der Waals surface area (Å²) in [7, 11) is 0. The zero-order valence-electron chi connectivity index (χ0n) is 7.72. The van der Waals surface area contributed by atoms with Gasteiger partial charge in [0, 0.05) is 11.5 Å². The Hall–Kier alpha value is -1.98. The molecule has 14 heavy (non-hydrogen) atoms. The van der Waals surface area contributed by atoms with Crippen molar-refractivity contribution in [3.05, 3.63) is 45.8 Å². The lowest BCUT2D eigenvalue weighted by Gasteiger charge is -1.98. The second-order valence-corrected chi connectivity index (χ2v) is 2.87. The molecule has 0 atom stereocenters. The molecule has 0 N–H and O–H groups in total. The van der Waals surface area contributed by atoms with Gasteiger partial charge in [-0.1, -0.05) is 17.2 Å². The van der Waals surface area contributed by atoms with Crippen LogP contribution in [0.5, 0.6) is 0 Å². The molecule has 1 rings (SSSR count). The number of nitrogens with zero attached hydrogens (tertiary/aromatic N) is 4. The van der Waals surface area contributed by atoms with Crippen molar-refractivity contribution in [2.45, 2.75) is 12.8 Å². The molecule has 0 aliphatic rings. The van der Waals surface area contributed by atoms with Gasteiger partial charge in [0.25, 0.3) is 0 Å². The van der Waals surface area contributed by atoms with Gasteiger partial charge in [0.2, 0.25) is 0 Å². The molecule has 0 radical (unpaired) electrons. The van der Waals surface area contributed by atoms with Crippen LogP contribution in [0.3, 0.4) is 0 Å². The first-order chi connectivity index (χ1) is 6.86. The van der Waals surface area contributed by atoms with Gasteiger partial charge in [-0.15, -0.1) is 0 Å². The van der Waals surface area contributed by atoms with Crippen LogP contribution in [0, 0.1) is 11.3 Å². The summed E-state index contributed by atoms with van der Waals surface area (Å²) in [6.07, 6.45) is 1.72. The summed E-state index contributed by atoms with van der Waals surface area (Å²) in [4.78, 5) is 2.68. The monoisotopic (exact) mass is 186 g/mol. The molecule has 0 fully saturated rings. The molecular weight excluding hydrogens is 176 g/mol. The third-order valence-electron chi connectivity index (χ3n) is 1.87. The highest BCUT2D eigenvalue weighted by Crippen LogP contribution is 2.05. The minimum atomic E-state index is 0.524. The summed E-state index contributed by atoms with van der Waals surface area (Å²) in [5.74, 6) is 0. The first-order valence-electron chi connectivity index (χ1n) is 4.36. The van der Waals surface area contributed by atoms with Crippen LogP contribution >= 0.6 is 0 Å². The number of nitriles is 1. The van der Waals surface area contributed by atoms with Crippen LogP contribution in [0.25, 0.3) is 10.4 Å². The maximum absolute atomic E-state index is 8.57. The van der Waals surface area contributed by atoms with E-state index in [4.69, 9.17) is 10.8 Å². The smallest absolute Gasteiger partial charge is 0.0991 e. The van der Waals surface area contributed by atoms with Crippen molar-refractivity contribution in [3.8, 4) is 6.07 Å². The second-order valence-electron chi connectivity index (χ2n) is 2.87. The van der Waals surface area contributed by atoms with Crippen molar-refractivity contribution < 1.29 is 0 Å². The van der Waals surface area contributed by atoms with Gasteiger partial charge in [0.15, 0.2) is 0 Å². The van der Waals surface area contributed by atoms with Crippen molar-refractivity contribution in [2.24, 2.45) is 5.11 Å². The minimum Gasteiger partial charge on any atom is -0.192 e. The Kier molecular flexibility index (Phi) is 4.06. The second kappa shape index (κ2) is 5.63. The molecule has 0 spiro atoms. The molecule has 0 saturated heterocycles. The third-order valence-corrected chi connectivity index (χ3v) is 1.87. The lowest BCUT2D eigenvalue weighted by Crippen LogP contribution is -1.87. The average Bonchev–Trinajstić information content (AvgIpc) is 2.25. The van der Waals surface area contributed by atoms with Crippen molar-refractivity contribution >= 4 is 0 Å². The first-order valence-corrected chi connectivity index (χ1v) is 4.36. The van der Waals surface area contributed by atoms with Gasteiger partial charge in [-0.3, -0.25) is 0 Å². The van der Waals surface area contributed by atoms with Crippen LogP contribution in [0.1, 0.15) is 17.5 Å². The zero-order chi connectivity index (χ0) is 10.2. The molecule has 0 aromatic heterocycles. The van der Waals surface area contributed by atoms with E-state index in [0.717, 1.165) is 18.4 Å². The molecule has 0 aliphatic carbocycles. The lowest BCUT2D eigenvalue weighted by molar-refractivity contribution is 0.827. The summed E-state index contributed by atoms with van der Waals surface area (Å²) in [6.45, 7) is 0.524. The van der Waals surface area contributed by atoms with Gasteiger partial charge in [-0.2, -0.15) is 5.26 Å². The van der Waals surface area contributed by atoms with Crippen LogP contribution in [0.2, 0.25) is 0 Å². The highest BCUT2D eigenvalue weighted by molar-refractivity contribution is 5.31. The van der Waals surface area contributed by atoms with E-state index in [1.807, 2.05) is 12.1 Å². The van der Waals surface area contributed by atoms with Crippen LogP contribution in [0.15, 0.2) is 29.4 Å². The summed E-state index contributed by atoms with van der Waals surface area (Å²) >= 11 is 0. The Morgan fingerprint density at radius 1 is 1.36 bits per heavy atom. The number of hydrogen-bond donors (Lipinski definition) is 0. The van der Waals surface area contributed by atoms with Crippen LogP contribution < -0.4 is 0 Å². The van der Waals surface area contributed by atoms with Crippen LogP contribution in [-0.2, 0) is 6.42 Å². The Morgan fingerprint density at radius 2 is 2.07 bits per heavy atom. The molecule has 4 nitrogen and oxygen atoms in total. The van der Waals surface area contributed by atoms with Gasteiger partial charge < -0.3 is 0 Å². The molecule has 0 unspecified atom stereocenters. The molecule has 4 heteroatoms. The largest absolute Gasteiger partial charge is 0.192 e. The van der Waals surface area contributed by atoms with Crippen molar-refractivity contribution in [2.75, 3.05) is 6.54 Å². The predicted octanol–water partition coefficient (Wildman–Crippen LogP) is 2.80. The number of benzene rings is 1. The van der Waals surface area contributed by atoms with E-state index in [1.165, 1.54) is 0 Å². The van der Waals surface area contributed by atoms with E-state index >= 15 is 0 Å². The summed E-state index contributed by atoms with van der Waals surface area (Å²) in [5.41, 5.74) is 9.89. The topological polar surface area (TPSA) is 72.5 Å². The molecule has 1 aromatic carbocycles. The molecule has 70 valence electrons. The van der Waals surface area contributed by atoms with Gasteiger partial charge >= 0.3 is 0 Å². The van der Waals surface area contributed by atoms with Gasteiger partial charge in [-0.05, 0) is 36.1 Å². The minimum absolute atomic E-state index is 0.524. The normalized spacial score (nSPS) is 8.79. The van der Waals surface area contributed by atoms with Gasteiger partial charge in [0.05, 0.1) is 11.6 Å². The molecule has 0 amide bonds. The highest BCUT2D eigenvalue weighted by Gasteiger charge is 1.93. The molecule has 0 saturated carbocycles. The van der Waals surface area contributed by atoms with E-state index in [2.05, 4.69) is 16.1 Å². The van der Waals surface area contributed by atoms with E-state index in [-0.39, 0.29) is 0 Å². The number of azide groups is 1. The molecule has 0 bridgehead atoms. The van der Waals surface area contributed by atoms with E-state index in [9.17, 15) is 0 Å². The molecular formula is C10H10N4. The summed E-state index contributed by atoms with van der Waals surface area (Å²) in [6, 6.07) is 9.50. The fraction of sp³-hybridized carbons (Fsp3) is 0.300. The standard InChI is InChI=1S/C10H10N4/c11-8-10-5-3-9(4-6-10)2-1-7-13-14-12/h3-6H,1-2,7H2. The molecule has 0 heterocycles. The number of aryl methyl sites for hydroxylation is 1. The van der Waals surface area contributed by atoms with Gasteiger partial charge in [0.1, 0.15) is 0 Å². The number of hydrogen-bond acceptors (Lipinski definition) is 2. The number of rotatable bonds is 4. The lowest BCUT2D eigenvalue weighted by atomic mass is 10.1. The van der Waals surface area contributed by atoms with Crippen LogP contribution in [-0.4, -0.2) is 6.54 Å². The SMILES string of the molecule is N#Cc1ccc(CCCN=[N+]=[N-])cc1. The van der Waals surface area contributed by atoms with Crippen LogP contribution in [0.4, 0.5) is 0 Å². The maximum atomic E-state index is 8.57. The zero-order valence-corrected chi connectivity index (χ0v) is 7.72.